The first kappa shape index (κ1) is 26.5. The third-order valence-electron chi connectivity index (χ3n) is 5.98. The molecule has 0 unspecified atom stereocenters. The lowest BCUT2D eigenvalue weighted by molar-refractivity contribution is 0.102. The van der Waals surface area contributed by atoms with Crippen LogP contribution in [0.25, 0.3) is 0 Å². The van der Waals surface area contributed by atoms with E-state index < -0.39 is 26.0 Å². The fraction of sp³-hybridized carbons (Fsp3) is 0.240. The number of nitrogens with one attached hydrogen (secondary N) is 3. The molecule has 0 bridgehead atoms. The summed E-state index contributed by atoms with van der Waals surface area (Å²) in [5, 5.41) is 2.68. The van der Waals surface area contributed by atoms with Gasteiger partial charge in [-0.3, -0.25) is 9.52 Å². The molecule has 3 aromatic rings. The summed E-state index contributed by atoms with van der Waals surface area (Å²) in [5.41, 5.74) is 1.17. The molecule has 1 aliphatic rings. The van der Waals surface area contributed by atoms with Crippen LogP contribution in [0.5, 0.6) is 5.75 Å². The number of nitrogens with zero attached hydrogens (tertiary/aromatic N) is 1. The van der Waals surface area contributed by atoms with Crippen LogP contribution in [0, 0.1) is 0 Å². The van der Waals surface area contributed by atoms with Gasteiger partial charge in [-0.1, -0.05) is 18.2 Å². The standard InChI is InChI=1S/C25H28N4O6S2/c1-26-36(31,32)20-9-7-8-18(16-20)25(30)27-19-12-13-22(29-14-5-6-15-29)24(17-19)37(33,34)28-21-10-3-4-11-23(21)35-2/h3-4,7-13,16-17,26,28H,5-6,14-15H2,1-2H3,(H,27,30). The van der Waals surface area contributed by atoms with Gasteiger partial charge < -0.3 is 15.0 Å². The summed E-state index contributed by atoms with van der Waals surface area (Å²) < 4.78 is 61.5. The Kier molecular flexibility index (Phi) is 7.71. The Hall–Kier alpha value is -3.61. The van der Waals surface area contributed by atoms with Gasteiger partial charge in [0.25, 0.3) is 15.9 Å². The van der Waals surface area contributed by atoms with E-state index >= 15 is 0 Å². The number of anilines is 3. The number of carbonyl (C=O) groups is 1. The predicted octanol–water partition coefficient (Wildman–Crippen LogP) is 3.26. The zero-order valence-electron chi connectivity index (χ0n) is 20.4. The van der Waals surface area contributed by atoms with Gasteiger partial charge in [-0.25, -0.2) is 21.6 Å². The summed E-state index contributed by atoms with van der Waals surface area (Å²) in [7, 11) is -5.08. The SMILES string of the molecule is CNS(=O)(=O)c1cccc(C(=O)Nc2ccc(N3CCCC3)c(S(=O)(=O)Nc3ccccc3OC)c2)c1. The van der Waals surface area contributed by atoms with Crippen LogP contribution < -0.4 is 24.4 Å². The van der Waals surface area contributed by atoms with Crippen LogP contribution in [0.2, 0.25) is 0 Å². The molecular weight excluding hydrogens is 516 g/mol. The van der Waals surface area contributed by atoms with Gasteiger partial charge in [0.1, 0.15) is 10.6 Å². The van der Waals surface area contributed by atoms with Crippen molar-refractivity contribution in [3.05, 3.63) is 72.3 Å². The van der Waals surface area contributed by atoms with Crippen molar-refractivity contribution in [1.82, 2.24) is 4.72 Å². The molecule has 3 N–H and O–H groups in total. The second-order valence-corrected chi connectivity index (χ2v) is 11.9. The summed E-state index contributed by atoms with van der Waals surface area (Å²) >= 11 is 0. The topological polar surface area (TPSA) is 134 Å². The molecule has 37 heavy (non-hydrogen) atoms. The van der Waals surface area contributed by atoms with Crippen LogP contribution in [0.15, 0.2) is 76.5 Å². The number of hydrogen-bond donors (Lipinski definition) is 3. The molecule has 10 nitrogen and oxygen atoms in total. The van der Waals surface area contributed by atoms with E-state index in [4.69, 9.17) is 4.74 Å². The number of amides is 1. The Morgan fingerprint density at radius 1 is 0.892 bits per heavy atom. The van der Waals surface area contributed by atoms with Crippen LogP contribution >= 0.6 is 0 Å². The highest BCUT2D eigenvalue weighted by atomic mass is 32.2. The lowest BCUT2D eigenvalue weighted by Gasteiger charge is -2.23. The minimum atomic E-state index is -4.08. The van der Waals surface area contributed by atoms with E-state index in [-0.39, 0.29) is 26.7 Å². The Morgan fingerprint density at radius 3 is 2.32 bits per heavy atom. The molecule has 0 atom stereocenters. The maximum Gasteiger partial charge on any atom is 0.264 e. The highest BCUT2D eigenvalue weighted by molar-refractivity contribution is 7.93. The molecule has 0 aliphatic carbocycles. The van der Waals surface area contributed by atoms with Crippen molar-refractivity contribution in [2.75, 3.05) is 42.2 Å². The van der Waals surface area contributed by atoms with E-state index in [0.29, 0.717) is 11.4 Å². The molecule has 196 valence electrons. The molecular formula is C25H28N4O6S2. The Morgan fingerprint density at radius 2 is 1.62 bits per heavy atom. The second kappa shape index (κ2) is 10.8. The fourth-order valence-corrected chi connectivity index (χ4v) is 6.18. The molecule has 12 heteroatoms. The summed E-state index contributed by atoms with van der Waals surface area (Å²) in [4.78, 5) is 14.9. The minimum Gasteiger partial charge on any atom is -0.495 e. The van der Waals surface area contributed by atoms with E-state index in [0.717, 1.165) is 25.9 Å². The molecule has 1 saturated heterocycles. The van der Waals surface area contributed by atoms with Gasteiger partial charge >= 0.3 is 0 Å². The van der Waals surface area contributed by atoms with Crippen LogP contribution in [-0.2, 0) is 20.0 Å². The minimum absolute atomic E-state index is 0.00428. The predicted molar refractivity (Wildman–Crippen MR) is 142 cm³/mol. The van der Waals surface area contributed by atoms with Crippen molar-refractivity contribution >= 4 is 43.0 Å². The largest absolute Gasteiger partial charge is 0.495 e. The normalized spacial score (nSPS) is 13.8. The molecule has 1 aliphatic heterocycles. The highest BCUT2D eigenvalue weighted by Crippen LogP contribution is 2.34. The van der Waals surface area contributed by atoms with Gasteiger partial charge in [0.05, 0.1) is 23.4 Å². The first-order valence-corrected chi connectivity index (χ1v) is 14.5. The highest BCUT2D eigenvalue weighted by Gasteiger charge is 2.26. The quantitative estimate of drug-likeness (QED) is 0.376. The van der Waals surface area contributed by atoms with E-state index in [1.165, 1.54) is 44.5 Å². The lowest BCUT2D eigenvalue weighted by atomic mass is 10.2. The molecule has 4 rings (SSSR count). The lowest BCUT2D eigenvalue weighted by Crippen LogP contribution is -2.23. The Balaban J connectivity index is 1.69. The zero-order valence-corrected chi connectivity index (χ0v) is 22.0. The van der Waals surface area contributed by atoms with Gasteiger partial charge in [0.15, 0.2) is 0 Å². The molecule has 1 fully saturated rings. The molecule has 3 aromatic carbocycles. The van der Waals surface area contributed by atoms with Crippen LogP contribution in [0.3, 0.4) is 0 Å². The second-order valence-electron chi connectivity index (χ2n) is 8.37. The van der Waals surface area contributed by atoms with E-state index in [9.17, 15) is 21.6 Å². The average molecular weight is 545 g/mol. The number of benzene rings is 3. The maximum atomic E-state index is 13.6. The third-order valence-corrected chi connectivity index (χ3v) is 8.79. The molecule has 1 amide bonds. The number of ether oxygens (including phenoxy) is 1. The van der Waals surface area contributed by atoms with Crippen LogP contribution in [0.4, 0.5) is 17.1 Å². The van der Waals surface area contributed by atoms with E-state index in [1.54, 1.807) is 36.4 Å². The Labute approximate surface area is 216 Å². The summed E-state index contributed by atoms with van der Waals surface area (Å²) in [6, 6.07) is 16.9. The third kappa shape index (κ3) is 5.87. The number of hydrogen-bond acceptors (Lipinski definition) is 7. The summed E-state index contributed by atoms with van der Waals surface area (Å²) in [6.45, 7) is 1.44. The monoisotopic (exact) mass is 544 g/mol. The van der Waals surface area contributed by atoms with E-state index in [1.807, 2.05) is 4.90 Å². The first-order chi connectivity index (χ1) is 17.6. The van der Waals surface area contributed by atoms with Gasteiger partial charge in [0, 0.05) is 24.3 Å². The number of methoxy groups -OCH3 is 1. The van der Waals surface area contributed by atoms with Crippen molar-refractivity contribution in [2.45, 2.75) is 22.6 Å². The number of rotatable bonds is 9. The molecule has 0 radical (unpaired) electrons. The molecule has 1 heterocycles. The fourth-order valence-electron chi connectivity index (χ4n) is 4.08. The zero-order chi connectivity index (χ0) is 26.6. The molecule has 0 saturated carbocycles. The first-order valence-electron chi connectivity index (χ1n) is 11.5. The average Bonchev–Trinajstić information content (AvgIpc) is 3.44. The Bertz CT molecular complexity index is 1520. The molecule has 0 spiro atoms. The van der Waals surface area contributed by atoms with Gasteiger partial charge in [-0.15, -0.1) is 0 Å². The summed E-state index contributed by atoms with van der Waals surface area (Å²) in [5.74, 6) is -0.210. The van der Waals surface area contributed by atoms with E-state index in [2.05, 4.69) is 14.8 Å². The number of para-hydroxylation sites is 2. The van der Waals surface area contributed by atoms with Crippen molar-refractivity contribution in [1.29, 1.82) is 0 Å². The summed E-state index contributed by atoms with van der Waals surface area (Å²) in [6.07, 6.45) is 1.90. The van der Waals surface area contributed by atoms with Gasteiger partial charge in [-0.2, -0.15) is 0 Å². The smallest absolute Gasteiger partial charge is 0.264 e. The molecule has 0 aromatic heterocycles. The van der Waals surface area contributed by atoms with Crippen LogP contribution in [-0.4, -0.2) is 50.0 Å². The maximum absolute atomic E-state index is 13.6. The van der Waals surface area contributed by atoms with Crippen molar-refractivity contribution < 1.29 is 26.4 Å². The van der Waals surface area contributed by atoms with Crippen molar-refractivity contribution in [2.24, 2.45) is 0 Å². The number of sulfonamides is 2. The van der Waals surface area contributed by atoms with Gasteiger partial charge in [-0.05, 0) is 68.4 Å². The van der Waals surface area contributed by atoms with Crippen molar-refractivity contribution in [3.8, 4) is 5.75 Å². The number of carbonyl (C=O) groups excluding carboxylic acids is 1. The van der Waals surface area contributed by atoms with Gasteiger partial charge in [0.2, 0.25) is 10.0 Å². The van der Waals surface area contributed by atoms with Crippen LogP contribution in [0.1, 0.15) is 23.2 Å². The van der Waals surface area contributed by atoms with Crippen molar-refractivity contribution in [3.63, 3.8) is 0 Å².